The lowest BCUT2D eigenvalue weighted by atomic mass is 9.80. The smallest absolute Gasteiger partial charge is 0.474 e. The lowest BCUT2D eigenvalue weighted by Gasteiger charge is -2.48. The number of hydroxylamine groups is 3. The lowest BCUT2D eigenvalue weighted by molar-refractivity contribution is -0.928. The Kier molecular flexibility index (Phi) is 10.2. The summed E-state index contributed by atoms with van der Waals surface area (Å²) in [6.45, 7) is 6.27. The largest absolute Gasteiger partial charge is 0.628 e. The Hall–Kier alpha value is -2.78. The summed E-state index contributed by atoms with van der Waals surface area (Å²) in [5.41, 5.74) is -2.50. The molecule has 47 heavy (non-hydrogen) atoms. The van der Waals surface area contributed by atoms with Crippen LogP contribution >= 0.6 is 7.82 Å². The molecule has 4 rings (SSSR count). The number of aliphatic imine (C=N–C) groups is 1. The zero-order valence-corrected chi connectivity index (χ0v) is 27.7. The Morgan fingerprint density at radius 3 is 2.06 bits per heavy atom. The molecule has 2 heterocycles. The molecule has 2 aromatic carbocycles. The number of halogens is 6. The van der Waals surface area contributed by atoms with E-state index in [1.165, 1.54) is 27.1 Å². The van der Waals surface area contributed by atoms with Gasteiger partial charge in [-0.25, -0.2) is 14.1 Å². The monoisotopic (exact) mass is 693 g/mol. The fourth-order valence-corrected chi connectivity index (χ4v) is 6.74. The molecular formula is C31H40F6N4O5P+. The number of alkyl halides is 6. The molecule has 2 N–H and O–H groups in total. The number of likely N-dealkylation sites (N-methyl/N-ethyl adjacent to an activating group) is 2. The number of phosphoric ester groups is 1. The minimum absolute atomic E-state index is 0.0751. The van der Waals surface area contributed by atoms with E-state index in [1.807, 2.05) is 43.1 Å². The van der Waals surface area contributed by atoms with Crippen LogP contribution in [0.15, 0.2) is 59.4 Å². The van der Waals surface area contributed by atoms with E-state index in [0.29, 0.717) is 56.3 Å². The van der Waals surface area contributed by atoms with Crippen molar-refractivity contribution >= 4 is 13.7 Å². The molecule has 1 fully saturated rings. The maximum absolute atomic E-state index is 14.5. The molecule has 0 saturated carbocycles. The zero-order valence-electron chi connectivity index (χ0n) is 26.8. The van der Waals surface area contributed by atoms with E-state index in [-0.39, 0.29) is 29.4 Å². The van der Waals surface area contributed by atoms with Crippen molar-refractivity contribution in [2.24, 2.45) is 4.99 Å². The molecule has 0 radical (unpaired) electrons. The second-order valence-electron chi connectivity index (χ2n) is 13.5. The minimum Gasteiger partial charge on any atom is -0.628 e. The highest BCUT2D eigenvalue weighted by Crippen LogP contribution is 2.43. The summed E-state index contributed by atoms with van der Waals surface area (Å²) in [5.74, 6) is 0.200. The summed E-state index contributed by atoms with van der Waals surface area (Å²) in [6, 6.07) is 8.88. The van der Waals surface area contributed by atoms with Gasteiger partial charge in [0.05, 0.1) is 70.1 Å². The standard InChI is InChI=1S/C31H39F6N4O5P/c1-21-8-6-7-9-25(21)26-17-28(39-10-12-40(4,13-11-39)20-46-47(43,44)45)38-18-27(26)41(5,42)19-29(2,3)22-14-23(30(32,33)34)16-24(15-22)31(35,36)37/h6-9,14-16,18,26H,10-13,17,19-20H2,1-5H3,(H-,43,44,45)/p+1. The topological polar surface area (TPSA) is 105 Å². The Morgan fingerprint density at radius 2 is 1.55 bits per heavy atom. The third-order valence-electron chi connectivity index (χ3n) is 8.99. The third kappa shape index (κ3) is 9.02. The van der Waals surface area contributed by atoms with Gasteiger partial charge in [0.15, 0.2) is 6.73 Å². The predicted molar refractivity (Wildman–Crippen MR) is 163 cm³/mol. The highest BCUT2D eigenvalue weighted by atomic mass is 31.2. The first-order valence-corrected chi connectivity index (χ1v) is 16.4. The van der Waals surface area contributed by atoms with Crippen LogP contribution in [0.3, 0.4) is 0 Å². The van der Waals surface area contributed by atoms with Crippen LogP contribution in [-0.2, 0) is 26.9 Å². The number of hydrogen-bond acceptors (Lipinski definition) is 5. The lowest BCUT2D eigenvalue weighted by Crippen LogP contribution is -2.59. The molecule has 0 aliphatic carbocycles. The van der Waals surface area contributed by atoms with Crippen molar-refractivity contribution in [2.75, 3.05) is 53.5 Å². The summed E-state index contributed by atoms with van der Waals surface area (Å²) >= 11 is 0. The molecule has 2 aliphatic rings. The molecule has 1 saturated heterocycles. The second-order valence-corrected chi connectivity index (χ2v) is 14.7. The van der Waals surface area contributed by atoms with Gasteiger partial charge >= 0.3 is 20.2 Å². The minimum atomic E-state index is -5.02. The molecule has 0 bridgehead atoms. The van der Waals surface area contributed by atoms with Crippen molar-refractivity contribution < 1.29 is 54.3 Å². The van der Waals surface area contributed by atoms with Crippen LogP contribution < -0.4 is 0 Å². The van der Waals surface area contributed by atoms with Crippen LogP contribution in [0.25, 0.3) is 0 Å². The summed E-state index contributed by atoms with van der Waals surface area (Å²) in [7, 11) is -1.47. The van der Waals surface area contributed by atoms with E-state index in [0.717, 1.165) is 11.1 Å². The van der Waals surface area contributed by atoms with Gasteiger partial charge in [-0.3, -0.25) is 0 Å². The average Bonchev–Trinajstić information content (AvgIpc) is 2.94. The Bertz CT molecular complexity index is 1540. The van der Waals surface area contributed by atoms with Gasteiger partial charge in [0.1, 0.15) is 11.5 Å². The van der Waals surface area contributed by atoms with E-state index >= 15 is 0 Å². The van der Waals surface area contributed by atoms with Crippen molar-refractivity contribution in [3.63, 3.8) is 0 Å². The maximum Gasteiger partial charge on any atom is 0.474 e. The van der Waals surface area contributed by atoms with Crippen molar-refractivity contribution in [1.82, 2.24) is 4.90 Å². The predicted octanol–water partition coefficient (Wildman–Crippen LogP) is 6.51. The number of aryl methyl sites for hydroxylation is 1. The van der Waals surface area contributed by atoms with Gasteiger partial charge < -0.3 is 29.0 Å². The summed E-state index contributed by atoms with van der Waals surface area (Å²) in [6.07, 6.45) is -8.26. The van der Waals surface area contributed by atoms with Gasteiger partial charge in [0.25, 0.3) is 0 Å². The van der Waals surface area contributed by atoms with Crippen LogP contribution in [-0.4, -0.2) is 83.2 Å². The summed E-state index contributed by atoms with van der Waals surface area (Å²) in [5, 5.41) is 14.5. The van der Waals surface area contributed by atoms with E-state index in [4.69, 9.17) is 14.3 Å². The number of piperazine rings is 1. The number of phosphoric acid groups is 1. The number of allylic oxidation sites excluding steroid dienone is 1. The van der Waals surface area contributed by atoms with Crippen LogP contribution in [0.5, 0.6) is 0 Å². The van der Waals surface area contributed by atoms with Gasteiger partial charge in [0, 0.05) is 11.8 Å². The molecule has 2 aromatic rings. The molecular weight excluding hydrogens is 653 g/mol. The normalized spacial score (nSPS) is 20.8. The van der Waals surface area contributed by atoms with Crippen molar-refractivity contribution in [2.45, 2.75) is 50.9 Å². The first-order chi connectivity index (χ1) is 21.4. The fourth-order valence-electron chi connectivity index (χ4n) is 6.31. The fraction of sp³-hybridized carbons (Fsp3) is 0.516. The molecule has 2 aliphatic heterocycles. The van der Waals surface area contributed by atoms with Gasteiger partial charge in [-0.1, -0.05) is 38.1 Å². The van der Waals surface area contributed by atoms with Gasteiger partial charge in [0.2, 0.25) is 0 Å². The molecule has 16 heteroatoms. The van der Waals surface area contributed by atoms with E-state index in [2.05, 4.69) is 4.99 Å². The maximum atomic E-state index is 14.5. The number of quaternary nitrogens is 2. The van der Waals surface area contributed by atoms with Crippen molar-refractivity contribution in [3.8, 4) is 0 Å². The number of amidine groups is 1. The van der Waals surface area contributed by atoms with E-state index in [1.54, 1.807) is 0 Å². The quantitative estimate of drug-likeness (QED) is 0.141. The highest BCUT2D eigenvalue weighted by Gasteiger charge is 2.42. The first kappa shape index (κ1) is 37.0. The average molecular weight is 694 g/mol. The molecule has 2 atom stereocenters. The second kappa shape index (κ2) is 12.9. The zero-order chi connectivity index (χ0) is 35.2. The van der Waals surface area contributed by atoms with Crippen molar-refractivity contribution in [3.05, 3.63) is 87.4 Å². The Labute approximate surface area is 269 Å². The van der Waals surface area contributed by atoms with Gasteiger partial charge in [-0.15, -0.1) is 0 Å². The molecule has 260 valence electrons. The Balaban J connectivity index is 1.67. The van der Waals surface area contributed by atoms with Crippen LogP contribution in [0.1, 0.15) is 54.0 Å². The number of benzene rings is 2. The van der Waals surface area contributed by atoms with Crippen LogP contribution in [0.4, 0.5) is 26.3 Å². The molecule has 2 unspecified atom stereocenters. The van der Waals surface area contributed by atoms with Crippen molar-refractivity contribution in [1.29, 1.82) is 0 Å². The van der Waals surface area contributed by atoms with Crippen LogP contribution in [0.2, 0.25) is 0 Å². The summed E-state index contributed by atoms with van der Waals surface area (Å²) < 4.78 is 97.0. The number of hydrogen-bond donors (Lipinski definition) is 2. The van der Waals surface area contributed by atoms with E-state index < -0.39 is 47.3 Å². The highest BCUT2D eigenvalue weighted by molar-refractivity contribution is 7.46. The summed E-state index contributed by atoms with van der Waals surface area (Å²) in [4.78, 5) is 24.9. The van der Waals surface area contributed by atoms with Gasteiger partial charge in [-0.05, 0) is 41.8 Å². The first-order valence-electron chi connectivity index (χ1n) is 14.9. The number of rotatable bonds is 8. The van der Waals surface area contributed by atoms with Gasteiger partial charge in [-0.2, -0.15) is 26.3 Å². The molecule has 0 aromatic heterocycles. The Morgan fingerprint density at radius 1 is 1.02 bits per heavy atom. The number of nitrogens with zero attached hydrogens (tertiary/aromatic N) is 4. The molecule has 9 nitrogen and oxygen atoms in total. The molecule has 0 amide bonds. The SMILES string of the molecule is Cc1ccccc1C1CC(N2CC[N+](C)(COP(=O)(O)O)CC2)=NC=C1[N+](C)([O-])CC(C)(C)c1cc(C(F)(F)F)cc(C(F)(F)F)c1. The van der Waals surface area contributed by atoms with E-state index in [9.17, 15) is 36.1 Å². The third-order valence-corrected chi connectivity index (χ3v) is 9.44. The molecule has 0 spiro atoms. The van der Waals surface area contributed by atoms with Crippen LogP contribution in [0, 0.1) is 12.1 Å².